The van der Waals surface area contributed by atoms with Crippen LogP contribution in [-0.4, -0.2) is 28.3 Å². The Balaban J connectivity index is 1.39. The number of phenolic OH excluding ortho intramolecular Hbond substituents is 1. The van der Waals surface area contributed by atoms with Crippen molar-refractivity contribution >= 4 is 113 Å². The summed E-state index contributed by atoms with van der Waals surface area (Å²) in [6, 6.07) is 13.7. The van der Waals surface area contributed by atoms with E-state index in [2.05, 4.69) is 144 Å². The Morgan fingerprint density at radius 1 is 0.795 bits per heavy atom. The Bertz CT molecular complexity index is 1750. The molecule has 44 heavy (non-hydrogen) atoms. The zero-order valence-corrected chi connectivity index (χ0v) is 34.0. The van der Waals surface area contributed by atoms with E-state index < -0.39 is 5.92 Å². The maximum absolute atomic E-state index is 13.7. The normalized spacial score (nSPS) is 14.0. The van der Waals surface area contributed by atoms with Crippen molar-refractivity contribution in [2.75, 3.05) is 6.61 Å². The van der Waals surface area contributed by atoms with Gasteiger partial charge in [-0.15, -0.1) is 0 Å². The van der Waals surface area contributed by atoms with E-state index in [0.29, 0.717) is 40.4 Å². The van der Waals surface area contributed by atoms with E-state index in [-0.39, 0.29) is 22.4 Å². The number of ketones is 2. The van der Waals surface area contributed by atoms with Crippen molar-refractivity contribution in [2.24, 2.45) is 0 Å². The van der Waals surface area contributed by atoms with Crippen LogP contribution in [0.3, 0.4) is 0 Å². The summed E-state index contributed by atoms with van der Waals surface area (Å²) in [6.07, 6.45) is 1.57. The number of hydrogen-bond acceptors (Lipinski definition) is 5. The highest BCUT2D eigenvalue weighted by Crippen LogP contribution is 2.43. The van der Waals surface area contributed by atoms with Crippen LogP contribution in [0.2, 0.25) is 0 Å². The summed E-state index contributed by atoms with van der Waals surface area (Å²) in [7, 11) is 0. The zero-order valence-electron chi connectivity index (χ0n) is 25.4. The molecule has 5 rings (SSSR count). The van der Waals surface area contributed by atoms with Crippen LogP contribution in [0.4, 0.5) is 0 Å². The molecule has 0 radical (unpaired) electrons. The van der Waals surface area contributed by atoms with Crippen molar-refractivity contribution in [3.8, 4) is 11.5 Å². The molecule has 0 spiro atoms. The van der Waals surface area contributed by atoms with E-state index in [0.717, 1.165) is 43.6 Å². The van der Waals surface area contributed by atoms with E-state index in [4.69, 9.17) is 9.72 Å². The number of aromatic nitrogens is 1. The van der Waals surface area contributed by atoms with E-state index in [1.165, 1.54) is 5.56 Å². The SMILES string of the molecule is CC(C)(C)c1cc(CCCOc2cccc3ccc(C4C(=O)c5c(I)c(I)c(I)c(I)c5C4=O)nc23)cc(C(C)(C)C)c1O. The molecule has 9 heteroatoms. The predicted octanol–water partition coefficient (Wildman–Crippen LogP) is 10.1. The number of pyridine rings is 1. The number of halogens is 4. The van der Waals surface area contributed by atoms with E-state index >= 15 is 0 Å². The van der Waals surface area contributed by atoms with Crippen LogP contribution >= 0.6 is 90.4 Å². The van der Waals surface area contributed by atoms with Crippen molar-refractivity contribution < 1.29 is 19.4 Å². The third-order valence-electron chi connectivity index (χ3n) is 7.94. The van der Waals surface area contributed by atoms with Gasteiger partial charge in [-0.1, -0.05) is 71.9 Å². The molecular weight excluding hydrogens is 1010 g/mol. The second kappa shape index (κ2) is 12.9. The monoisotopic (exact) mass is 1040 g/mol. The highest BCUT2D eigenvalue weighted by atomic mass is 127. The second-order valence-electron chi connectivity index (χ2n) is 13.2. The Morgan fingerprint density at radius 2 is 1.34 bits per heavy atom. The van der Waals surface area contributed by atoms with Crippen LogP contribution in [0.15, 0.2) is 42.5 Å². The summed E-state index contributed by atoms with van der Waals surface area (Å²) >= 11 is 8.85. The van der Waals surface area contributed by atoms with Crippen LogP contribution in [0, 0.1) is 14.3 Å². The zero-order chi connectivity index (χ0) is 32.3. The Labute approximate surface area is 313 Å². The third-order valence-corrected chi connectivity index (χ3v) is 15.3. The largest absolute Gasteiger partial charge is 0.507 e. The summed E-state index contributed by atoms with van der Waals surface area (Å²) in [5.41, 5.74) is 4.84. The first-order valence-electron chi connectivity index (χ1n) is 14.4. The molecule has 1 N–H and O–H groups in total. The van der Waals surface area contributed by atoms with Crippen LogP contribution in [0.5, 0.6) is 11.5 Å². The number of Topliss-reactive ketones (excluding diaryl/α,β-unsaturated/α-hetero) is 2. The summed E-state index contributed by atoms with van der Waals surface area (Å²) < 4.78 is 9.91. The summed E-state index contributed by atoms with van der Waals surface area (Å²) in [5, 5.41) is 12.0. The fourth-order valence-corrected chi connectivity index (χ4v) is 9.34. The average molecular weight is 1040 g/mol. The molecule has 1 aliphatic rings. The lowest BCUT2D eigenvalue weighted by atomic mass is 9.78. The summed E-state index contributed by atoms with van der Waals surface area (Å²) in [6.45, 7) is 13.2. The van der Waals surface area contributed by atoms with Gasteiger partial charge >= 0.3 is 0 Å². The first-order valence-corrected chi connectivity index (χ1v) is 18.7. The van der Waals surface area contributed by atoms with Gasteiger partial charge in [0.15, 0.2) is 11.6 Å². The minimum absolute atomic E-state index is 0.181. The Kier molecular flexibility index (Phi) is 10.0. The van der Waals surface area contributed by atoms with Gasteiger partial charge in [0.25, 0.3) is 0 Å². The van der Waals surface area contributed by atoms with Crippen molar-refractivity contribution in [1.82, 2.24) is 4.98 Å². The number of rotatable bonds is 6. The minimum atomic E-state index is -0.956. The number of ether oxygens (including phenoxy) is 1. The lowest BCUT2D eigenvalue weighted by Crippen LogP contribution is -2.18. The molecular formula is C35H33I4NO4. The highest BCUT2D eigenvalue weighted by Gasteiger charge is 2.44. The number of carbonyl (C=O) groups excluding carboxylic acids is 2. The number of phenols is 1. The van der Waals surface area contributed by atoms with Crippen LogP contribution in [0.25, 0.3) is 10.9 Å². The van der Waals surface area contributed by atoms with Crippen LogP contribution < -0.4 is 4.74 Å². The number of para-hydroxylation sites is 1. The van der Waals surface area contributed by atoms with Crippen molar-refractivity contribution in [3.63, 3.8) is 0 Å². The van der Waals surface area contributed by atoms with E-state index in [1.54, 1.807) is 6.07 Å². The number of nitrogens with zero attached hydrogens (tertiary/aromatic N) is 1. The molecule has 0 bridgehead atoms. The van der Waals surface area contributed by atoms with Gasteiger partial charge in [-0.25, -0.2) is 4.98 Å². The van der Waals surface area contributed by atoms with E-state index in [9.17, 15) is 14.7 Å². The van der Waals surface area contributed by atoms with Gasteiger partial charge in [0.2, 0.25) is 0 Å². The molecule has 1 heterocycles. The number of hydrogen-bond donors (Lipinski definition) is 1. The number of benzene rings is 3. The van der Waals surface area contributed by atoms with Gasteiger partial charge in [0.05, 0.1) is 12.3 Å². The third kappa shape index (κ3) is 6.41. The molecule has 0 aliphatic heterocycles. The maximum Gasteiger partial charge on any atom is 0.181 e. The molecule has 5 nitrogen and oxygen atoms in total. The lowest BCUT2D eigenvalue weighted by molar-refractivity contribution is 0.0887. The molecule has 1 aromatic heterocycles. The molecule has 4 aromatic rings. The molecule has 0 fully saturated rings. The molecule has 0 amide bonds. The van der Waals surface area contributed by atoms with E-state index in [1.807, 2.05) is 24.3 Å². The fourth-order valence-electron chi connectivity index (χ4n) is 5.62. The minimum Gasteiger partial charge on any atom is -0.507 e. The molecule has 1 aliphatic carbocycles. The predicted molar refractivity (Wildman–Crippen MR) is 210 cm³/mol. The van der Waals surface area contributed by atoms with Crippen molar-refractivity contribution in [3.05, 3.63) is 90.3 Å². The molecule has 0 saturated carbocycles. The van der Waals surface area contributed by atoms with Gasteiger partial charge < -0.3 is 9.84 Å². The molecule has 230 valence electrons. The van der Waals surface area contributed by atoms with Gasteiger partial charge in [0.1, 0.15) is 22.9 Å². The molecule has 3 aromatic carbocycles. The molecule has 0 atom stereocenters. The first kappa shape index (κ1) is 34.3. The topological polar surface area (TPSA) is 76.5 Å². The van der Waals surface area contributed by atoms with Gasteiger partial charge in [-0.3, -0.25) is 9.59 Å². The van der Waals surface area contributed by atoms with Crippen molar-refractivity contribution in [2.45, 2.75) is 71.1 Å². The number of carbonyl (C=O) groups is 2. The Hall–Kier alpha value is -1.07. The highest BCUT2D eigenvalue weighted by molar-refractivity contribution is 14.1. The van der Waals surface area contributed by atoms with Crippen molar-refractivity contribution in [1.29, 1.82) is 0 Å². The number of fused-ring (bicyclic) bond motifs is 2. The van der Waals surface area contributed by atoms with Gasteiger partial charge in [-0.2, -0.15) is 0 Å². The van der Waals surface area contributed by atoms with Gasteiger partial charge in [-0.05, 0) is 143 Å². The second-order valence-corrected chi connectivity index (χ2v) is 17.5. The number of aromatic hydroxyl groups is 1. The average Bonchev–Trinajstić information content (AvgIpc) is 3.21. The standard InChI is InChI=1S/C35H33I4NO4/c1-34(2,3)19-15-17(16-20(31(19)41)35(4,5)6)9-8-14-44-22-11-7-10-18-12-13-21(40-30(18)22)23-32(42)24-25(33(23)43)27(37)29(39)28(38)26(24)36/h7,10-13,15-16,23,41H,8-9,14H2,1-6H3. The fraction of sp³-hybridized carbons (Fsp3) is 0.343. The molecule has 0 saturated heterocycles. The number of aryl methyl sites for hydroxylation is 1. The van der Waals surface area contributed by atoms with Crippen LogP contribution in [0.1, 0.15) is 97.0 Å². The van der Waals surface area contributed by atoms with Crippen LogP contribution in [-0.2, 0) is 17.3 Å². The summed E-state index contributed by atoms with van der Waals surface area (Å²) in [4.78, 5) is 32.2. The first-order chi connectivity index (χ1) is 20.5. The Morgan fingerprint density at radius 3 is 1.86 bits per heavy atom. The smallest absolute Gasteiger partial charge is 0.181 e. The lowest BCUT2D eigenvalue weighted by Gasteiger charge is -2.28. The summed E-state index contributed by atoms with van der Waals surface area (Å²) in [5.74, 6) is -0.319. The maximum atomic E-state index is 13.7. The van der Waals surface area contributed by atoms with Gasteiger partial charge in [0, 0.05) is 30.8 Å². The quantitative estimate of drug-likeness (QED) is 0.0685. The molecule has 0 unspecified atom stereocenters.